The van der Waals surface area contributed by atoms with Crippen LogP contribution >= 0.6 is 0 Å². The molecule has 1 amide bonds. The molecule has 1 saturated heterocycles. The fraction of sp³-hybridized carbons (Fsp3) is 0.560. The molecular formula is C25H31F3N4O3. The van der Waals surface area contributed by atoms with Gasteiger partial charge in [-0.25, -0.2) is 4.98 Å². The first kappa shape index (κ1) is 25.2. The van der Waals surface area contributed by atoms with Gasteiger partial charge in [-0.3, -0.25) is 9.59 Å². The second-order valence-electron chi connectivity index (χ2n) is 9.82. The van der Waals surface area contributed by atoms with Gasteiger partial charge >= 0.3 is 6.18 Å². The average molecular weight is 493 g/mol. The Morgan fingerprint density at radius 2 is 1.91 bits per heavy atom. The van der Waals surface area contributed by atoms with E-state index >= 15 is 0 Å². The third kappa shape index (κ3) is 5.07. The molecule has 0 aliphatic carbocycles. The Hall–Kier alpha value is -2.88. The van der Waals surface area contributed by atoms with Crippen LogP contribution in [-0.2, 0) is 5.54 Å². The molecule has 0 aromatic carbocycles. The molecule has 7 nitrogen and oxygen atoms in total. The smallest absolute Gasteiger partial charge is 0.456 e. The van der Waals surface area contributed by atoms with E-state index in [2.05, 4.69) is 24.1 Å². The molecule has 4 heterocycles. The van der Waals surface area contributed by atoms with Crippen molar-refractivity contribution < 1.29 is 27.5 Å². The summed E-state index contributed by atoms with van der Waals surface area (Å²) in [6.45, 7) is 7.89. The summed E-state index contributed by atoms with van der Waals surface area (Å²) in [6.07, 6.45) is -1.41. The van der Waals surface area contributed by atoms with Crippen LogP contribution in [0.2, 0.25) is 0 Å². The number of nitrogens with zero attached hydrogens (tertiary/aromatic N) is 3. The number of piperidine rings is 1. The Bertz CT molecular complexity index is 1070. The highest BCUT2D eigenvalue weighted by atomic mass is 19.4. The second kappa shape index (κ2) is 9.64. The zero-order valence-corrected chi connectivity index (χ0v) is 20.2. The van der Waals surface area contributed by atoms with Crippen LogP contribution in [0.5, 0.6) is 5.75 Å². The SMILES string of the molecule is CC(C)CCOc1ccc(C(=O)N2CCC3(CC2)NCC(C)n2c(C(=O)C(F)(F)F)ccc23)nc1. The number of ketones is 1. The Morgan fingerprint density at radius 1 is 1.20 bits per heavy atom. The minimum absolute atomic E-state index is 0.193. The van der Waals surface area contributed by atoms with Crippen LogP contribution in [0.25, 0.3) is 0 Å². The van der Waals surface area contributed by atoms with Crippen molar-refractivity contribution in [3.63, 3.8) is 0 Å². The number of amides is 1. The molecule has 0 bridgehead atoms. The molecule has 1 N–H and O–H groups in total. The number of fused-ring (bicyclic) bond motifs is 2. The summed E-state index contributed by atoms with van der Waals surface area (Å²) in [6, 6.07) is 5.97. The molecule has 2 aliphatic rings. The van der Waals surface area contributed by atoms with Crippen molar-refractivity contribution in [2.75, 3.05) is 26.2 Å². The third-order valence-electron chi connectivity index (χ3n) is 6.90. The number of Topliss-reactive ketones (excluding diaryl/α,β-unsaturated/α-hetero) is 1. The molecule has 2 aromatic rings. The van der Waals surface area contributed by atoms with E-state index in [1.807, 2.05) is 0 Å². The number of aromatic nitrogens is 2. The largest absolute Gasteiger partial charge is 0.492 e. The van der Waals surface area contributed by atoms with Crippen LogP contribution in [0.4, 0.5) is 13.2 Å². The number of ether oxygens (including phenoxy) is 1. The monoisotopic (exact) mass is 492 g/mol. The number of rotatable bonds is 6. The fourth-order valence-corrected chi connectivity index (χ4v) is 4.86. The van der Waals surface area contributed by atoms with Crippen LogP contribution in [0.3, 0.4) is 0 Å². The lowest BCUT2D eigenvalue weighted by Gasteiger charge is -2.47. The second-order valence-corrected chi connectivity index (χ2v) is 9.82. The van der Waals surface area contributed by atoms with E-state index in [9.17, 15) is 22.8 Å². The van der Waals surface area contributed by atoms with Gasteiger partial charge in [0.05, 0.1) is 24.0 Å². The summed E-state index contributed by atoms with van der Waals surface area (Å²) in [5.41, 5.74) is 0.0645. The first-order valence-corrected chi connectivity index (χ1v) is 12.0. The quantitative estimate of drug-likeness (QED) is 0.607. The number of carbonyl (C=O) groups is 2. The fourth-order valence-electron chi connectivity index (χ4n) is 4.86. The third-order valence-corrected chi connectivity index (χ3v) is 6.90. The minimum atomic E-state index is -4.93. The Balaban J connectivity index is 1.44. The van der Waals surface area contributed by atoms with Gasteiger partial charge in [0.2, 0.25) is 0 Å². The van der Waals surface area contributed by atoms with E-state index in [0.29, 0.717) is 62.1 Å². The summed E-state index contributed by atoms with van der Waals surface area (Å²) < 4.78 is 46.6. The minimum Gasteiger partial charge on any atom is -0.492 e. The van der Waals surface area contributed by atoms with Crippen molar-refractivity contribution >= 4 is 11.7 Å². The van der Waals surface area contributed by atoms with Crippen LogP contribution in [0, 0.1) is 5.92 Å². The van der Waals surface area contributed by atoms with Gasteiger partial charge in [-0.1, -0.05) is 13.8 Å². The van der Waals surface area contributed by atoms with E-state index in [0.717, 1.165) is 6.42 Å². The molecule has 1 atom stereocenters. The molecule has 0 saturated carbocycles. The maximum Gasteiger partial charge on any atom is 0.456 e. The first-order chi connectivity index (χ1) is 16.5. The van der Waals surface area contributed by atoms with Gasteiger partial charge in [0, 0.05) is 31.4 Å². The number of likely N-dealkylation sites (tertiary alicyclic amines) is 1. The van der Waals surface area contributed by atoms with E-state index in [4.69, 9.17) is 4.74 Å². The van der Waals surface area contributed by atoms with Gasteiger partial charge in [-0.15, -0.1) is 0 Å². The number of hydrogen-bond donors (Lipinski definition) is 1. The molecule has 35 heavy (non-hydrogen) atoms. The number of hydrogen-bond acceptors (Lipinski definition) is 5. The van der Waals surface area contributed by atoms with Gasteiger partial charge in [0.15, 0.2) is 0 Å². The lowest BCUT2D eigenvalue weighted by Crippen LogP contribution is -2.57. The topological polar surface area (TPSA) is 76.5 Å². The van der Waals surface area contributed by atoms with Crippen LogP contribution in [0.1, 0.15) is 72.7 Å². The van der Waals surface area contributed by atoms with Gasteiger partial charge in [0.25, 0.3) is 11.7 Å². The molecule has 0 radical (unpaired) electrons. The van der Waals surface area contributed by atoms with Crippen molar-refractivity contribution in [1.82, 2.24) is 19.8 Å². The molecule has 190 valence electrons. The van der Waals surface area contributed by atoms with Gasteiger partial charge < -0.3 is 19.5 Å². The number of pyridine rings is 1. The van der Waals surface area contributed by atoms with Gasteiger partial charge in [-0.05, 0) is 56.4 Å². The summed E-state index contributed by atoms with van der Waals surface area (Å²) in [5, 5.41) is 3.48. The van der Waals surface area contributed by atoms with Crippen LogP contribution in [0.15, 0.2) is 30.5 Å². The predicted molar refractivity (Wildman–Crippen MR) is 124 cm³/mol. The van der Waals surface area contributed by atoms with Gasteiger partial charge in [-0.2, -0.15) is 13.2 Å². The standard InChI is InChI=1S/C25H31F3N4O3/c1-16(2)8-13-35-18-4-5-19(29-15-18)23(34)31-11-9-24(10-12-31)21-7-6-20(22(33)25(26,27)28)32(21)17(3)14-30-24/h4-7,15-17,30H,8-14H2,1-3H3. The van der Waals surface area contributed by atoms with Crippen molar-refractivity contribution in [2.24, 2.45) is 5.92 Å². The Labute approximate surface area is 202 Å². The highest BCUT2D eigenvalue weighted by Crippen LogP contribution is 2.40. The normalized spacial score (nSPS) is 19.6. The first-order valence-electron chi connectivity index (χ1n) is 12.0. The summed E-state index contributed by atoms with van der Waals surface area (Å²) in [7, 11) is 0. The maximum atomic E-state index is 13.1. The lowest BCUT2D eigenvalue weighted by molar-refractivity contribution is -0.0892. The van der Waals surface area contributed by atoms with Crippen LogP contribution < -0.4 is 10.1 Å². The summed E-state index contributed by atoms with van der Waals surface area (Å²) in [4.78, 5) is 31.0. The van der Waals surface area contributed by atoms with Crippen molar-refractivity contribution in [1.29, 1.82) is 0 Å². The van der Waals surface area contributed by atoms with Gasteiger partial charge in [0.1, 0.15) is 11.4 Å². The molecule has 1 spiro atoms. The molecule has 1 fully saturated rings. The molecule has 10 heteroatoms. The predicted octanol–water partition coefficient (Wildman–Crippen LogP) is 4.35. The summed E-state index contributed by atoms with van der Waals surface area (Å²) in [5.74, 6) is -0.873. The zero-order valence-electron chi connectivity index (χ0n) is 20.2. The number of nitrogens with one attached hydrogen (secondary N) is 1. The average Bonchev–Trinajstić information content (AvgIpc) is 3.28. The van der Waals surface area contributed by atoms with E-state index in [1.54, 1.807) is 36.2 Å². The summed E-state index contributed by atoms with van der Waals surface area (Å²) >= 11 is 0. The van der Waals surface area contributed by atoms with Crippen molar-refractivity contribution in [3.8, 4) is 5.75 Å². The lowest BCUT2D eigenvalue weighted by atomic mass is 9.82. The Kier molecular flexibility index (Phi) is 6.95. The van der Waals surface area contributed by atoms with Crippen molar-refractivity contribution in [3.05, 3.63) is 47.5 Å². The highest BCUT2D eigenvalue weighted by molar-refractivity contribution is 5.99. The molecule has 1 unspecified atom stereocenters. The number of carbonyl (C=O) groups excluding carboxylic acids is 2. The maximum absolute atomic E-state index is 13.1. The van der Waals surface area contributed by atoms with E-state index in [1.165, 1.54) is 10.6 Å². The van der Waals surface area contributed by atoms with E-state index in [-0.39, 0.29) is 17.6 Å². The Morgan fingerprint density at radius 3 is 2.51 bits per heavy atom. The molecular weight excluding hydrogens is 461 g/mol. The number of alkyl halides is 3. The highest BCUT2D eigenvalue weighted by Gasteiger charge is 2.47. The molecule has 2 aliphatic heterocycles. The van der Waals surface area contributed by atoms with Crippen molar-refractivity contribution in [2.45, 2.75) is 57.8 Å². The van der Waals surface area contributed by atoms with Crippen LogP contribution in [-0.4, -0.2) is 58.6 Å². The molecule has 4 rings (SSSR count). The van der Waals surface area contributed by atoms with E-state index < -0.39 is 17.5 Å². The zero-order chi connectivity index (χ0) is 25.4. The molecule has 2 aromatic heterocycles. The number of halogens is 3.